The molecule has 0 aromatic carbocycles. The van der Waals surface area contributed by atoms with Gasteiger partial charge in [0.1, 0.15) is 17.5 Å². The first-order chi connectivity index (χ1) is 9.65. The van der Waals surface area contributed by atoms with Crippen LogP contribution in [0.25, 0.3) is 0 Å². The maximum absolute atomic E-state index is 5.62. The van der Waals surface area contributed by atoms with Crippen LogP contribution >= 0.6 is 0 Å². The van der Waals surface area contributed by atoms with Gasteiger partial charge in [-0.25, -0.2) is 9.97 Å². The molecule has 1 saturated heterocycles. The number of ether oxygens (including phenoxy) is 1. The van der Waals surface area contributed by atoms with E-state index in [4.69, 9.17) is 9.72 Å². The van der Waals surface area contributed by atoms with Gasteiger partial charge in [0.2, 0.25) is 0 Å². The maximum Gasteiger partial charge on any atom is 0.137 e. The molecule has 0 bridgehead atoms. The first-order valence-corrected chi connectivity index (χ1v) is 7.63. The number of aryl methyl sites for hydroxylation is 1. The molecule has 0 saturated carbocycles. The molecule has 1 unspecified atom stereocenters. The van der Waals surface area contributed by atoms with Crippen LogP contribution in [0.15, 0.2) is 0 Å². The van der Waals surface area contributed by atoms with Crippen LogP contribution < -0.4 is 10.2 Å². The number of aromatic nitrogens is 2. The molecule has 1 aliphatic rings. The van der Waals surface area contributed by atoms with Gasteiger partial charge in [0, 0.05) is 31.6 Å². The lowest BCUT2D eigenvalue weighted by atomic mass is 10.2. The zero-order valence-corrected chi connectivity index (χ0v) is 13.1. The van der Waals surface area contributed by atoms with Crippen LogP contribution in [0.1, 0.15) is 38.6 Å². The molecule has 5 nitrogen and oxygen atoms in total. The predicted molar refractivity (Wildman–Crippen MR) is 82.6 cm³/mol. The van der Waals surface area contributed by atoms with Gasteiger partial charge in [0.15, 0.2) is 0 Å². The zero-order chi connectivity index (χ0) is 14.5. The van der Waals surface area contributed by atoms with Crippen molar-refractivity contribution in [1.82, 2.24) is 9.97 Å². The van der Waals surface area contributed by atoms with E-state index in [-0.39, 0.29) is 6.10 Å². The van der Waals surface area contributed by atoms with E-state index in [9.17, 15) is 0 Å². The van der Waals surface area contributed by atoms with Crippen molar-refractivity contribution in [2.24, 2.45) is 0 Å². The second-order valence-corrected chi connectivity index (χ2v) is 5.34. The minimum Gasteiger partial charge on any atom is -0.375 e. The average Bonchev–Trinajstić information content (AvgIpc) is 2.43. The summed E-state index contributed by atoms with van der Waals surface area (Å²) < 4.78 is 5.62. The Hall–Kier alpha value is -1.36. The number of hydrogen-bond donors (Lipinski definition) is 1. The Morgan fingerprint density at radius 2 is 2.15 bits per heavy atom. The van der Waals surface area contributed by atoms with E-state index in [1.807, 2.05) is 0 Å². The Morgan fingerprint density at radius 3 is 2.80 bits per heavy atom. The fourth-order valence-electron chi connectivity index (χ4n) is 2.54. The van der Waals surface area contributed by atoms with Crippen LogP contribution in [0.3, 0.4) is 0 Å². The van der Waals surface area contributed by atoms with Crippen LogP contribution in [-0.2, 0) is 11.2 Å². The molecule has 2 heterocycles. The maximum atomic E-state index is 5.62. The van der Waals surface area contributed by atoms with Crippen LogP contribution in [0.4, 0.5) is 11.6 Å². The van der Waals surface area contributed by atoms with Crippen molar-refractivity contribution in [3.8, 4) is 0 Å². The molecular weight excluding hydrogens is 252 g/mol. The predicted octanol–water partition coefficient (Wildman–Crippen LogP) is 2.39. The molecule has 1 aromatic rings. The fourth-order valence-corrected chi connectivity index (χ4v) is 2.54. The van der Waals surface area contributed by atoms with Gasteiger partial charge in [-0.2, -0.15) is 0 Å². The Labute approximate surface area is 121 Å². The van der Waals surface area contributed by atoms with E-state index in [1.54, 1.807) is 0 Å². The number of morpholine rings is 1. The molecule has 2 rings (SSSR count). The number of nitrogens with one attached hydrogen (secondary N) is 1. The lowest BCUT2D eigenvalue weighted by molar-refractivity contribution is 0.0529. The average molecular weight is 278 g/mol. The molecule has 1 aliphatic heterocycles. The molecule has 1 aromatic heterocycles. The molecular formula is C15H26N4O. The Balaban J connectivity index is 2.33. The van der Waals surface area contributed by atoms with Gasteiger partial charge in [-0.1, -0.05) is 6.92 Å². The van der Waals surface area contributed by atoms with E-state index in [0.29, 0.717) is 0 Å². The smallest absolute Gasteiger partial charge is 0.137 e. The number of rotatable bonds is 5. The second-order valence-electron chi connectivity index (χ2n) is 5.34. The molecule has 0 spiro atoms. The molecule has 20 heavy (non-hydrogen) atoms. The number of hydrogen-bond acceptors (Lipinski definition) is 5. The van der Waals surface area contributed by atoms with Crippen LogP contribution in [0.2, 0.25) is 0 Å². The van der Waals surface area contributed by atoms with Crippen molar-refractivity contribution in [3.05, 3.63) is 11.4 Å². The fraction of sp³-hybridized carbons (Fsp3) is 0.733. The monoisotopic (exact) mass is 278 g/mol. The second kappa shape index (κ2) is 6.88. The van der Waals surface area contributed by atoms with Crippen LogP contribution in [0.5, 0.6) is 0 Å². The van der Waals surface area contributed by atoms with E-state index >= 15 is 0 Å². The van der Waals surface area contributed by atoms with Gasteiger partial charge in [-0.3, -0.25) is 0 Å². The first-order valence-electron chi connectivity index (χ1n) is 7.63. The van der Waals surface area contributed by atoms with Gasteiger partial charge in [0.05, 0.1) is 12.7 Å². The summed E-state index contributed by atoms with van der Waals surface area (Å²) in [5, 5.41) is 3.36. The van der Waals surface area contributed by atoms with Crippen molar-refractivity contribution in [2.45, 2.75) is 46.6 Å². The van der Waals surface area contributed by atoms with Crippen molar-refractivity contribution in [3.63, 3.8) is 0 Å². The van der Waals surface area contributed by atoms with E-state index in [1.165, 1.54) is 0 Å². The van der Waals surface area contributed by atoms with E-state index in [0.717, 1.165) is 62.1 Å². The highest BCUT2D eigenvalue weighted by molar-refractivity contribution is 5.59. The quantitative estimate of drug-likeness (QED) is 0.896. The lowest BCUT2D eigenvalue weighted by Crippen LogP contribution is -2.42. The Bertz CT molecular complexity index is 450. The number of anilines is 2. The standard InChI is InChI=1S/C15H26N4O/c1-5-7-13-17-14(16-6-2)12(4)15(18-13)19-8-9-20-11(3)10-19/h11H,5-10H2,1-4H3,(H,16,17,18). The van der Waals surface area contributed by atoms with Gasteiger partial charge in [0.25, 0.3) is 0 Å². The summed E-state index contributed by atoms with van der Waals surface area (Å²) >= 11 is 0. The van der Waals surface area contributed by atoms with Crippen molar-refractivity contribution >= 4 is 11.6 Å². The van der Waals surface area contributed by atoms with Gasteiger partial charge in [-0.05, 0) is 27.2 Å². The van der Waals surface area contributed by atoms with Gasteiger partial charge in [-0.15, -0.1) is 0 Å². The summed E-state index contributed by atoms with van der Waals surface area (Å²) in [4.78, 5) is 11.8. The van der Waals surface area contributed by atoms with E-state index < -0.39 is 0 Å². The topological polar surface area (TPSA) is 50.3 Å². The third kappa shape index (κ3) is 3.39. The summed E-state index contributed by atoms with van der Waals surface area (Å²) in [5.74, 6) is 2.97. The highest BCUT2D eigenvalue weighted by atomic mass is 16.5. The Morgan fingerprint density at radius 1 is 1.35 bits per heavy atom. The third-order valence-electron chi connectivity index (χ3n) is 3.52. The first kappa shape index (κ1) is 15.0. The zero-order valence-electron chi connectivity index (χ0n) is 13.1. The Kier molecular flexibility index (Phi) is 5.17. The molecule has 0 aliphatic carbocycles. The van der Waals surface area contributed by atoms with Crippen LogP contribution in [-0.4, -0.2) is 42.3 Å². The minimum absolute atomic E-state index is 0.260. The number of nitrogens with zero attached hydrogens (tertiary/aromatic N) is 3. The van der Waals surface area contributed by atoms with Crippen molar-refractivity contribution in [2.75, 3.05) is 36.5 Å². The summed E-state index contributed by atoms with van der Waals surface area (Å²) in [6, 6.07) is 0. The van der Waals surface area contributed by atoms with E-state index in [2.05, 4.69) is 42.9 Å². The minimum atomic E-state index is 0.260. The molecule has 112 valence electrons. The highest BCUT2D eigenvalue weighted by Gasteiger charge is 2.21. The SMILES string of the molecule is CCCc1nc(NCC)c(C)c(N2CCOC(C)C2)n1. The molecule has 5 heteroatoms. The summed E-state index contributed by atoms with van der Waals surface area (Å²) in [6.07, 6.45) is 2.24. The molecule has 1 N–H and O–H groups in total. The van der Waals surface area contributed by atoms with Gasteiger partial charge >= 0.3 is 0 Å². The highest BCUT2D eigenvalue weighted by Crippen LogP contribution is 2.25. The molecule has 1 atom stereocenters. The lowest BCUT2D eigenvalue weighted by Gasteiger charge is -2.33. The summed E-state index contributed by atoms with van der Waals surface area (Å²) in [5.41, 5.74) is 1.14. The third-order valence-corrected chi connectivity index (χ3v) is 3.52. The largest absolute Gasteiger partial charge is 0.375 e. The molecule has 1 fully saturated rings. The van der Waals surface area contributed by atoms with Crippen molar-refractivity contribution < 1.29 is 4.74 Å². The normalized spacial score (nSPS) is 19.2. The molecule has 0 amide bonds. The summed E-state index contributed by atoms with van der Waals surface area (Å²) in [7, 11) is 0. The van der Waals surface area contributed by atoms with Gasteiger partial charge < -0.3 is 15.0 Å². The van der Waals surface area contributed by atoms with Crippen molar-refractivity contribution in [1.29, 1.82) is 0 Å². The summed E-state index contributed by atoms with van der Waals surface area (Å²) in [6.45, 7) is 11.9. The van der Waals surface area contributed by atoms with Crippen LogP contribution in [0, 0.1) is 6.92 Å². The molecule has 0 radical (unpaired) electrons.